The van der Waals surface area contributed by atoms with Crippen molar-refractivity contribution in [2.24, 2.45) is 0 Å². The van der Waals surface area contributed by atoms with E-state index in [4.69, 9.17) is 18.9 Å². The second-order valence-corrected chi connectivity index (χ2v) is 8.42. The molecule has 32 heavy (non-hydrogen) atoms. The molecule has 1 saturated heterocycles. The average molecular weight is 440 g/mol. The van der Waals surface area contributed by atoms with Crippen LogP contribution in [0.4, 0.5) is 0 Å². The zero-order valence-electron chi connectivity index (χ0n) is 18.0. The Hall–Kier alpha value is -3.10. The van der Waals surface area contributed by atoms with Gasteiger partial charge in [0.15, 0.2) is 23.0 Å². The molecule has 2 aromatic carbocycles. The second kappa shape index (κ2) is 9.18. The van der Waals surface area contributed by atoms with Crippen molar-refractivity contribution in [2.45, 2.75) is 0 Å². The number of fused-ring (bicyclic) bond motifs is 2. The Labute approximate surface area is 186 Å². The normalized spacial score (nSPS) is 21.6. The van der Waals surface area contributed by atoms with Crippen molar-refractivity contribution in [1.29, 1.82) is 0 Å². The molecule has 5 rings (SSSR count). The maximum atomic E-state index is 12.8. The van der Waals surface area contributed by atoms with Gasteiger partial charge in [-0.1, -0.05) is 0 Å². The van der Waals surface area contributed by atoms with E-state index in [1.54, 1.807) is 12.1 Å². The molecule has 168 valence electrons. The predicted octanol–water partition coefficient (Wildman–Crippen LogP) is -0.922. The summed E-state index contributed by atoms with van der Waals surface area (Å²) in [4.78, 5) is 28.0. The van der Waals surface area contributed by atoms with Crippen LogP contribution in [0.15, 0.2) is 36.4 Å². The van der Waals surface area contributed by atoms with Gasteiger partial charge in [0.1, 0.15) is 65.7 Å². The third-order valence-corrected chi connectivity index (χ3v) is 6.21. The molecule has 0 amide bonds. The summed E-state index contributed by atoms with van der Waals surface area (Å²) < 4.78 is 22.2. The molecule has 2 N–H and O–H groups in total. The van der Waals surface area contributed by atoms with Crippen LogP contribution >= 0.6 is 0 Å². The SMILES string of the molecule is O=C(C[NH+]1CC[NH+](CC(=O)c2ccc3c(c2)OCCO3)CC1)c1ccc2c(c1)OCCO2. The lowest BCUT2D eigenvalue weighted by Crippen LogP contribution is -3.28. The van der Waals surface area contributed by atoms with E-state index in [9.17, 15) is 9.59 Å². The second-order valence-electron chi connectivity index (χ2n) is 8.42. The number of ether oxygens (including phenoxy) is 4. The summed E-state index contributed by atoms with van der Waals surface area (Å²) in [6.45, 7) is 6.42. The lowest BCUT2D eigenvalue weighted by molar-refractivity contribution is -1.00. The Balaban J connectivity index is 1.12. The summed E-state index contributed by atoms with van der Waals surface area (Å²) in [6, 6.07) is 10.8. The fraction of sp³-hybridized carbons (Fsp3) is 0.417. The first-order valence-electron chi connectivity index (χ1n) is 11.2. The minimum atomic E-state index is 0.104. The van der Waals surface area contributed by atoms with Gasteiger partial charge in [-0.15, -0.1) is 0 Å². The summed E-state index contributed by atoms with van der Waals surface area (Å²) in [7, 11) is 0. The predicted molar refractivity (Wildman–Crippen MR) is 115 cm³/mol. The van der Waals surface area contributed by atoms with Crippen molar-refractivity contribution in [3.63, 3.8) is 0 Å². The average Bonchev–Trinajstić information content (AvgIpc) is 2.84. The highest BCUT2D eigenvalue weighted by Gasteiger charge is 2.28. The smallest absolute Gasteiger partial charge is 0.217 e. The number of piperazine rings is 1. The number of rotatable bonds is 6. The van der Waals surface area contributed by atoms with Crippen molar-refractivity contribution < 1.29 is 38.3 Å². The van der Waals surface area contributed by atoms with Gasteiger partial charge in [0, 0.05) is 11.1 Å². The lowest BCUT2D eigenvalue weighted by atomic mass is 10.1. The van der Waals surface area contributed by atoms with Crippen molar-refractivity contribution >= 4 is 11.6 Å². The fourth-order valence-corrected chi connectivity index (χ4v) is 4.40. The molecule has 0 aromatic heterocycles. The van der Waals surface area contributed by atoms with E-state index >= 15 is 0 Å². The van der Waals surface area contributed by atoms with Gasteiger partial charge in [0.05, 0.1) is 0 Å². The van der Waals surface area contributed by atoms with Crippen LogP contribution in [-0.4, -0.2) is 77.3 Å². The highest BCUT2D eigenvalue weighted by Crippen LogP contribution is 2.31. The number of nitrogens with one attached hydrogen (secondary N) is 2. The number of hydrogen-bond acceptors (Lipinski definition) is 6. The molecule has 1 fully saturated rings. The van der Waals surface area contributed by atoms with Gasteiger partial charge in [0.25, 0.3) is 0 Å². The van der Waals surface area contributed by atoms with Gasteiger partial charge >= 0.3 is 0 Å². The summed E-state index contributed by atoms with van der Waals surface area (Å²) in [5.74, 6) is 2.88. The van der Waals surface area contributed by atoms with Crippen LogP contribution < -0.4 is 28.7 Å². The Kier molecular flexibility index (Phi) is 5.96. The summed E-state index contributed by atoms with van der Waals surface area (Å²) in [6.07, 6.45) is 0. The van der Waals surface area contributed by atoms with E-state index in [1.165, 1.54) is 9.80 Å². The largest absolute Gasteiger partial charge is 0.486 e. The molecule has 0 saturated carbocycles. The monoisotopic (exact) mass is 440 g/mol. The van der Waals surface area contributed by atoms with Crippen molar-refractivity contribution in [2.75, 3.05) is 65.7 Å². The molecule has 3 aliphatic heterocycles. The topological polar surface area (TPSA) is 79.9 Å². The van der Waals surface area contributed by atoms with Crippen molar-refractivity contribution in [3.05, 3.63) is 47.5 Å². The number of benzene rings is 2. The Bertz CT molecular complexity index is 934. The van der Waals surface area contributed by atoms with Crippen LogP contribution in [0.3, 0.4) is 0 Å². The van der Waals surface area contributed by atoms with Gasteiger partial charge in [0.2, 0.25) is 11.6 Å². The minimum Gasteiger partial charge on any atom is -0.486 e. The van der Waals surface area contributed by atoms with E-state index in [0.29, 0.717) is 73.6 Å². The molecule has 8 heteroatoms. The molecular weight excluding hydrogens is 412 g/mol. The molecular formula is C24H28N2O6+2. The molecule has 0 spiro atoms. The summed E-state index contributed by atoms with van der Waals surface area (Å²) >= 11 is 0. The van der Waals surface area contributed by atoms with Gasteiger partial charge < -0.3 is 28.7 Å². The van der Waals surface area contributed by atoms with Gasteiger partial charge in [-0.25, -0.2) is 0 Å². The Morgan fingerprint density at radius 2 is 0.969 bits per heavy atom. The van der Waals surface area contributed by atoms with Crippen molar-refractivity contribution in [3.8, 4) is 23.0 Å². The zero-order chi connectivity index (χ0) is 21.9. The molecule has 3 aliphatic rings. The molecule has 8 nitrogen and oxygen atoms in total. The summed E-state index contributed by atoms with van der Waals surface area (Å²) in [5.41, 5.74) is 1.32. The molecule has 3 heterocycles. The fourth-order valence-electron chi connectivity index (χ4n) is 4.40. The van der Waals surface area contributed by atoms with Crippen LogP contribution in [0.2, 0.25) is 0 Å². The zero-order valence-corrected chi connectivity index (χ0v) is 18.0. The number of carbonyl (C=O) groups is 2. The number of hydrogen-bond donors (Lipinski definition) is 2. The highest BCUT2D eigenvalue weighted by molar-refractivity contribution is 5.98. The first-order valence-corrected chi connectivity index (χ1v) is 11.2. The maximum Gasteiger partial charge on any atom is 0.217 e. The van der Waals surface area contributed by atoms with E-state index in [2.05, 4.69) is 0 Å². The number of ketones is 2. The Morgan fingerprint density at radius 1 is 0.594 bits per heavy atom. The molecule has 0 bridgehead atoms. The van der Waals surface area contributed by atoms with Crippen LogP contribution in [0.25, 0.3) is 0 Å². The van der Waals surface area contributed by atoms with E-state index in [0.717, 1.165) is 26.2 Å². The molecule has 2 aromatic rings. The first-order chi connectivity index (χ1) is 15.7. The van der Waals surface area contributed by atoms with Crippen LogP contribution in [0.1, 0.15) is 20.7 Å². The van der Waals surface area contributed by atoms with Gasteiger partial charge in [-0.05, 0) is 36.4 Å². The highest BCUT2D eigenvalue weighted by atomic mass is 16.6. The van der Waals surface area contributed by atoms with Crippen LogP contribution in [0.5, 0.6) is 23.0 Å². The van der Waals surface area contributed by atoms with E-state index in [-0.39, 0.29) is 11.6 Å². The van der Waals surface area contributed by atoms with Crippen LogP contribution in [0, 0.1) is 0 Å². The molecule has 0 unspecified atom stereocenters. The Morgan fingerprint density at radius 3 is 1.38 bits per heavy atom. The number of quaternary nitrogens is 2. The maximum absolute atomic E-state index is 12.8. The third kappa shape index (κ3) is 4.56. The van der Waals surface area contributed by atoms with Crippen LogP contribution in [-0.2, 0) is 0 Å². The van der Waals surface area contributed by atoms with Gasteiger partial charge in [-0.2, -0.15) is 0 Å². The van der Waals surface area contributed by atoms with Crippen molar-refractivity contribution in [1.82, 2.24) is 0 Å². The van der Waals surface area contributed by atoms with Gasteiger partial charge in [-0.3, -0.25) is 9.59 Å². The number of carbonyl (C=O) groups excluding carboxylic acids is 2. The third-order valence-electron chi connectivity index (χ3n) is 6.21. The molecule has 0 radical (unpaired) electrons. The first kappa shape index (κ1) is 20.8. The lowest BCUT2D eigenvalue weighted by Gasteiger charge is -2.29. The number of Topliss-reactive ketones (excluding diaryl/α,β-unsaturated/α-hetero) is 2. The quantitative estimate of drug-likeness (QED) is 0.566. The van der Waals surface area contributed by atoms with E-state index < -0.39 is 0 Å². The molecule has 0 atom stereocenters. The minimum absolute atomic E-state index is 0.104. The van der Waals surface area contributed by atoms with E-state index in [1.807, 2.05) is 24.3 Å². The standard InChI is InChI=1S/C24H26N2O6/c27-19(17-1-3-21-23(13-17)31-11-9-29-21)15-25-5-7-26(8-6-25)16-20(28)18-2-4-22-24(14-18)32-12-10-30-22/h1-4,13-14H,5-12,15-16H2/p+2. The summed E-state index contributed by atoms with van der Waals surface area (Å²) in [5, 5.41) is 0. The molecule has 0 aliphatic carbocycles.